The van der Waals surface area contributed by atoms with Gasteiger partial charge in [-0.25, -0.2) is 0 Å². The van der Waals surface area contributed by atoms with E-state index in [2.05, 4.69) is 24.4 Å². The lowest BCUT2D eigenvalue weighted by Crippen LogP contribution is -2.29. The summed E-state index contributed by atoms with van der Waals surface area (Å²) in [6.45, 7) is 4.86. The van der Waals surface area contributed by atoms with Gasteiger partial charge in [0, 0.05) is 12.5 Å². The standard InChI is InChI=1S/C16H23NO2/c1-12(17-11-13-4-2-5-13)14-6-7-15-16(10-14)19-9-3-8-18-15/h6-7,10,12-13,17H,2-5,8-9,11H2,1H3. The van der Waals surface area contributed by atoms with Crippen molar-refractivity contribution < 1.29 is 9.47 Å². The van der Waals surface area contributed by atoms with Crippen molar-refractivity contribution >= 4 is 0 Å². The molecule has 1 unspecified atom stereocenters. The Labute approximate surface area is 115 Å². The highest BCUT2D eigenvalue weighted by Crippen LogP contribution is 2.32. The Bertz CT molecular complexity index is 429. The molecule has 19 heavy (non-hydrogen) atoms. The molecule has 3 nitrogen and oxygen atoms in total. The summed E-state index contributed by atoms with van der Waals surface area (Å²) in [6, 6.07) is 6.68. The van der Waals surface area contributed by atoms with E-state index in [4.69, 9.17) is 9.47 Å². The Kier molecular flexibility index (Phi) is 3.92. The molecule has 0 aromatic heterocycles. The van der Waals surface area contributed by atoms with Crippen molar-refractivity contribution in [3.05, 3.63) is 23.8 Å². The van der Waals surface area contributed by atoms with Crippen molar-refractivity contribution in [1.29, 1.82) is 0 Å². The summed E-state index contributed by atoms with van der Waals surface area (Å²) in [4.78, 5) is 0. The minimum atomic E-state index is 0.373. The minimum absolute atomic E-state index is 0.373. The molecule has 1 aromatic carbocycles. The summed E-state index contributed by atoms with van der Waals surface area (Å²) in [5.74, 6) is 2.67. The minimum Gasteiger partial charge on any atom is -0.490 e. The topological polar surface area (TPSA) is 30.5 Å². The van der Waals surface area contributed by atoms with Crippen LogP contribution in [0.15, 0.2) is 18.2 Å². The first-order valence-electron chi connectivity index (χ1n) is 7.46. The fraction of sp³-hybridized carbons (Fsp3) is 0.625. The number of fused-ring (bicyclic) bond motifs is 1. The predicted molar refractivity (Wildman–Crippen MR) is 75.8 cm³/mol. The van der Waals surface area contributed by atoms with Crippen molar-refractivity contribution in [2.75, 3.05) is 19.8 Å². The van der Waals surface area contributed by atoms with Gasteiger partial charge in [-0.3, -0.25) is 0 Å². The van der Waals surface area contributed by atoms with E-state index in [1.165, 1.54) is 24.8 Å². The van der Waals surface area contributed by atoms with Gasteiger partial charge in [0.2, 0.25) is 0 Å². The van der Waals surface area contributed by atoms with E-state index in [0.29, 0.717) is 6.04 Å². The van der Waals surface area contributed by atoms with E-state index in [9.17, 15) is 0 Å². The molecular formula is C16H23NO2. The van der Waals surface area contributed by atoms with Gasteiger partial charge in [0.05, 0.1) is 13.2 Å². The van der Waals surface area contributed by atoms with E-state index in [-0.39, 0.29) is 0 Å². The summed E-state index contributed by atoms with van der Waals surface area (Å²) in [5.41, 5.74) is 1.28. The van der Waals surface area contributed by atoms with Gasteiger partial charge in [-0.15, -0.1) is 0 Å². The highest BCUT2D eigenvalue weighted by atomic mass is 16.5. The average Bonchev–Trinajstić information content (AvgIpc) is 2.60. The van der Waals surface area contributed by atoms with Gasteiger partial charge in [-0.05, 0) is 49.9 Å². The Hall–Kier alpha value is -1.22. The van der Waals surface area contributed by atoms with Gasteiger partial charge in [0.25, 0.3) is 0 Å². The maximum atomic E-state index is 5.74. The Morgan fingerprint density at radius 2 is 1.95 bits per heavy atom. The van der Waals surface area contributed by atoms with Gasteiger partial charge >= 0.3 is 0 Å². The molecule has 0 radical (unpaired) electrons. The normalized spacial score (nSPS) is 20.5. The fourth-order valence-electron chi connectivity index (χ4n) is 2.61. The maximum Gasteiger partial charge on any atom is 0.161 e. The Balaban J connectivity index is 1.64. The SMILES string of the molecule is CC(NCC1CCC1)c1ccc2c(c1)OCCCO2. The monoisotopic (exact) mass is 261 g/mol. The van der Waals surface area contributed by atoms with Gasteiger partial charge in [0.15, 0.2) is 11.5 Å². The van der Waals surface area contributed by atoms with Crippen LogP contribution in [0.25, 0.3) is 0 Å². The fourth-order valence-corrected chi connectivity index (χ4v) is 2.61. The zero-order valence-corrected chi connectivity index (χ0v) is 11.7. The van der Waals surface area contributed by atoms with Crippen LogP contribution >= 0.6 is 0 Å². The van der Waals surface area contributed by atoms with Crippen LogP contribution in [0.2, 0.25) is 0 Å². The second-order valence-corrected chi connectivity index (χ2v) is 5.68. The largest absolute Gasteiger partial charge is 0.490 e. The molecule has 0 amide bonds. The lowest BCUT2D eigenvalue weighted by Gasteiger charge is -2.27. The summed E-state index contributed by atoms with van der Waals surface area (Å²) < 4.78 is 11.4. The summed E-state index contributed by atoms with van der Waals surface area (Å²) in [7, 11) is 0. The lowest BCUT2D eigenvalue weighted by molar-refractivity contribution is 0.291. The summed E-state index contributed by atoms with van der Waals surface area (Å²) in [6.07, 6.45) is 5.14. The molecule has 1 aromatic rings. The van der Waals surface area contributed by atoms with Crippen LogP contribution in [0.1, 0.15) is 44.2 Å². The Morgan fingerprint density at radius 3 is 2.68 bits per heavy atom. The molecule has 3 heteroatoms. The third-order valence-corrected chi connectivity index (χ3v) is 4.21. The van der Waals surface area contributed by atoms with Crippen molar-refractivity contribution in [3.8, 4) is 11.5 Å². The number of rotatable bonds is 4. The van der Waals surface area contributed by atoms with E-state index < -0.39 is 0 Å². The number of benzene rings is 1. The van der Waals surface area contributed by atoms with Crippen LogP contribution in [0.4, 0.5) is 0 Å². The first-order chi connectivity index (χ1) is 9.33. The molecule has 1 fully saturated rings. The molecule has 1 aliphatic heterocycles. The van der Waals surface area contributed by atoms with E-state index in [0.717, 1.165) is 43.6 Å². The van der Waals surface area contributed by atoms with Crippen LogP contribution in [0, 0.1) is 5.92 Å². The van der Waals surface area contributed by atoms with Crippen LogP contribution < -0.4 is 14.8 Å². The molecular weight excluding hydrogens is 238 g/mol. The third kappa shape index (κ3) is 3.03. The first-order valence-corrected chi connectivity index (χ1v) is 7.46. The van der Waals surface area contributed by atoms with Crippen molar-refractivity contribution in [1.82, 2.24) is 5.32 Å². The van der Waals surface area contributed by atoms with Crippen molar-refractivity contribution in [2.24, 2.45) is 5.92 Å². The second-order valence-electron chi connectivity index (χ2n) is 5.68. The second kappa shape index (κ2) is 5.83. The maximum absolute atomic E-state index is 5.74. The lowest BCUT2D eigenvalue weighted by atomic mass is 9.85. The molecule has 1 heterocycles. The molecule has 1 N–H and O–H groups in total. The van der Waals surface area contributed by atoms with Gasteiger partial charge in [-0.2, -0.15) is 0 Å². The predicted octanol–water partition coefficient (Wildman–Crippen LogP) is 3.30. The van der Waals surface area contributed by atoms with Crippen molar-refractivity contribution in [2.45, 2.75) is 38.6 Å². The molecule has 3 rings (SSSR count). The summed E-state index contributed by atoms with van der Waals surface area (Å²) >= 11 is 0. The van der Waals surface area contributed by atoms with E-state index >= 15 is 0 Å². The van der Waals surface area contributed by atoms with E-state index in [1.807, 2.05) is 6.07 Å². The van der Waals surface area contributed by atoms with Crippen molar-refractivity contribution in [3.63, 3.8) is 0 Å². The molecule has 1 saturated carbocycles. The van der Waals surface area contributed by atoms with Gasteiger partial charge < -0.3 is 14.8 Å². The first kappa shape index (κ1) is 12.8. The third-order valence-electron chi connectivity index (χ3n) is 4.21. The highest BCUT2D eigenvalue weighted by molar-refractivity contribution is 5.44. The molecule has 104 valence electrons. The highest BCUT2D eigenvalue weighted by Gasteiger charge is 2.19. The van der Waals surface area contributed by atoms with Gasteiger partial charge in [0.1, 0.15) is 0 Å². The van der Waals surface area contributed by atoms with Gasteiger partial charge in [-0.1, -0.05) is 12.5 Å². The van der Waals surface area contributed by atoms with Crippen LogP contribution in [-0.2, 0) is 0 Å². The molecule has 0 spiro atoms. The molecule has 2 aliphatic rings. The van der Waals surface area contributed by atoms with Crippen LogP contribution in [-0.4, -0.2) is 19.8 Å². The van der Waals surface area contributed by atoms with Crippen LogP contribution in [0.5, 0.6) is 11.5 Å². The molecule has 1 atom stereocenters. The number of nitrogens with one attached hydrogen (secondary N) is 1. The smallest absolute Gasteiger partial charge is 0.161 e. The molecule has 1 aliphatic carbocycles. The zero-order chi connectivity index (χ0) is 13.1. The molecule has 0 bridgehead atoms. The Morgan fingerprint density at radius 1 is 1.16 bits per heavy atom. The number of hydrogen-bond donors (Lipinski definition) is 1. The molecule has 0 saturated heterocycles. The number of ether oxygens (including phenoxy) is 2. The summed E-state index contributed by atoms with van der Waals surface area (Å²) in [5, 5.41) is 3.63. The number of hydrogen-bond acceptors (Lipinski definition) is 3. The van der Waals surface area contributed by atoms with Crippen LogP contribution in [0.3, 0.4) is 0 Å². The quantitative estimate of drug-likeness (QED) is 0.902. The average molecular weight is 261 g/mol. The van der Waals surface area contributed by atoms with E-state index in [1.54, 1.807) is 0 Å². The zero-order valence-electron chi connectivity index (χ0n) is 11.7.